The molecule has 1 amide bonds. The first-order chi connectivity index (χ1) is 19.3. The predicted molar refractivity (Wildman–Crippen MR) is 152 cm³/mol. The SMILES string of the molecule is COc1cccc(CN2CCN(c3ccc(NC(=O)C4=C(c5ccc(C(F)(F)F)cc5)CCCC4)cc3)CC2)c1. The van der Waals surface area contributed by atoms with E-state index in [0.717, 1.165) is 74.7 Å². The van der Waals surface area contributed by atoms with Gasteiger partial charge in [0.05, 0.1) is 12.7 Å². The summed E-state index contributed by atoms with van der Waals surface area (Å²) in [5.41, 5.74) is 4.54. The van der Waals surface area contributed by atoms with Crippen LogP contribution in [0.15, 0.2) is 78.4 Å². The summed E-state index contributed by atoms with van der Waals surface area (Å²) in [5.74, 6) is 0.687. The molecule has 0 atom stereocenters. The summed E-state index contributed by atoms with van der Waals surface area (Å²) in [5, 5.41) is 3.01. The van der Waals surface area contributed by atoms with Crippen molar-refractivity contribution >= 4 is 22.9 Å². The minimum Gasteiger partial charge on any atom is -0.497 e. The van der Waals surface area contributed by atoms with Crippen molar-refractivity contribution in [3.05, 3.63) is 95.1 Å². The Labute approximate surface area is 233 Å². The van der Waals surface area contributed by atoms with E-state index >= 15 is 0 Å². The zero-order valence-electron chi connectivity index (χ0n) is 22.6. The van der Waals surface area contributed by atoms with Gasteiger partial charge in [0.15, 0.2) is 0 Å². The highest BCUT2D eigenvalue weighted by Crippen LogP contribution is 2.35. The van der Waals surface area contributed by atoms with Crippen molar-refractivity contribution in [2.24, 2.45) is 0 Å². The number of hydrogen-bond donors (Lipinski definition) is 1. The number of piperazine rings is 1. The maximum absolute atomic E-state index is 13.2. The van der Waals surface area contributed by atoms with Crippen molar-refractivity contribution in [3.63, 3.8) is 0 Å². The van der Waals surface area contributed by atoms with E-state index < -0.39 is 11.7 Å². The molecule has 5 nitrogen and oxygen atoms in total. The molecule has 5 rings (SSSR count). The van der Waals surface area contributed by atoms with Gasteiger partial charge >= 0.3 is 6.18 Å². The Hall–Kier alpha value is -3.78. The minimum atomic E-state index is -4.38. The highest BCUT2D eigenvalue weighted by molar-refractivity contribution is 6.09. The van der Waals surface area contributed by atoms with Gasteiger partial charge in [-0.2, -0.15) is 13.2 Å². The number of carbonyl (C=O) groups excluding carboxylic acids is 1. The standard InChI is InChI=1S/C32H34F3N3O2/c1-40-28-6-4-5-23(21-28)22-37-17-19-38(20-18-37)27-15-13-26(14-16-27)36-31(39)30-8-3-2-7-29(30)24-9-11-25(12-10-24)32(33,34)35/h4-6,9-16,21H,2-3,7-8,17-20,22H2,1H3,(H,36,39). The molecule has 0 bridgehead atoms. The van der Waals surface area contributed by atoms with Crippen LogP contribution in [0.1, 0.15) is 42.4 Å². The van der Waals surface area contributed by atoms with Gasteiger partial charge in [-0.05, 0) is 90.9 Å². The van der Waals surface area contributed by atoms with E-state index in [4.69, 9.17) is 4.74 Å². The number of nitrogens with one attached hydrogen (secondary N) is 1. The van der Waals surface area contributed by atoms with Crippen LogP contribution in [0.4, 0.5) is 24.5 Å². The number of hydrogen-bond acceptors (Lipinski definition) is 4. The fraction of sp³-hybridized carbons (Fsp3) is 0.344. The van der Waals surface area contributed by atoms with Crippen molar-refractivity contribution in [3.8, 4) is 5.75 Å². The molecule has 3 aromatic carbocycles. The number of amides is 1. The van der Waals surface area contributed by atoms with E-state index in [0.29, 0.717) is 29.7 Å². The topological polar surface area (TPSA) is 44.8 Å². The first-order valence-electron chi connectivity index (χ1n) is 13.7. The molecule has 1 saturated heterocycles. The monoisotopic (exact) mass is 549 g/mol. The maximum atomic E-state index is 13.2. The van der Waals surface area contributed by atoms with Crippen LogP contribution in [0.5, 0.6) is 5.75 Å². The number of anilines is 2. The third-order valence-electron chi connectivity index (χ3n) is 7.71. The number of methoxy groups -OCH3 is 1. The Balaban J connectivity index is 1.19. The molecular formula is C32H34F3N3O2. The summed E-state index contributed by atoms with van der Waals surface area (Å²) >= 11 is 0. The zero-order valence-corrected chi connectivity index (χ0v) is 22.6. The lowest BCUT2D eigenvalue weighted by atomic mass is 9.86. The molecular weight excluding hydrogens is 515 g/mol. The van der Waals surface area contributed by atoms with Crippen LogP contribution >= 0.6 is 0 Å². The van der Waals surface area contributed by atoms with Crippen LogP contribution in [0.25, 0.3) is 5.57 Å². The molecule has 0 unspecified atom stereocenters. The molecule has 210 valence electrons. The first kappa shape index (κ1) is 27.8. The van der Waals surface area contributed by atoms with Crippen molar-refractivity contribution in [1.29, 1.82) is 0 Å². The van der Waals surface area contributed by atoms with Gasteiger partial charge in [0.1, 0.15) is 5.75 Å². The number of rotatable bonds is 7. The Morgan fingerprint density at radius 2 is 1.60 bits per heavy atom. The largest absolute Gasteiger partial charge is 0.497 e. The van der Waals surface area contributed by atoms with Gasteiger partial charge in [-0.1, -0.05) is 24.3 Å². The van der Waals surface area contributed by atoms with Crippen LogP contribution in [-0.2, 0) is 17.5 Å². The number of allylic oxidation sites excluding steroid dienone is 1. The number of carbonyl (C=O) groups is 1. The van der Waals surface area contributed by atoms with Crippen LogP contribution in [0.3, 0.4) is 0 Å². The molecule has 0 aromatic heterocycles. The fourth-order valence-electron chi connectivity index (χ4n) is 5.49. The van der Waals surface area contributed by atoms with Crippen molar-refractivity contribution in [1.82, 2.24) is 4.90 Å². The molecule has 1 heterocycles. The van der Waals surface area contributed by atoms with Gasteiger partial charge in [-0.3, -0.25) is 9.69 Å². The van der Waals surface area contributed by atoms with E-state index in [-0.39, 0.29) is 5.91 Å². The van der Waals surface area contributed by atoms with Gasteiger partial charge < -0.3 is 15.0 Å². The molecule has 0 spiro atoms. The van der Waals surface area contributed by atoms with E-state index in [9.17, 15) is 18.0 Å². The van der Waals surface area contributed by atoms with E-state index in [1.54, 1.807) is 7.11 Å². The summed E-state index contributed by atoms with van der Waals surface area (Å²) in [6, 6.07) is 21.2. The Kier molecular flexibility index (Phi) is 8.45. The smallest absolute Gasteiger partial charge is 0.416 e. The maximum Gasteiger partial charge on any atom is 0.416 e. The number of halogens is 3. The number of benzene rings is 3. The predicted octanol–water partition coefficient (Wildman–Crippen LogP) is 7.00. The second-order valence-corrected chi connectivity index (χ2v) is 10.4. The van der Waals surface area contributed by atoms with Crippen LogP contribution in [0.2, 0.25) is 0 Å². The van der Waals surface area contributed by atoms with E-state index in [2.05, 4.69) is 27.2 Å². The van der Waals surface area contributed by atoms with Crippen LogP contribution in [-0.4, -0.2) is 44.1 Å². The van der Waals surface area contributed by atoms with Gasteiger partial charge in [0.2, 0.25) is 0 Å². The van der Waals surface area contributed by atoms with Crippen LogP contribution < -0.4 is 15.0 Å². The lowest BCUT2D eigenvalue weighted by Gasteiger charge is -2.36. The van der Waals surface area contributed by atoms with Crippen LogP contribution in [0, 0.1) is 0 Å². The van der Waals surface area contributed by atoms with Gasteiger partial charge in [-0.15, -0.1) is 0 Å². The number of alkyl halides is 3. The fourth-order valence-corrected chi connectivity index (χ4v) is 5.49. The molecule has 1 aliphatic heterocycles. The summed E-state index contributed by atoms with van der Waals surface area (Å²) < 4.78 is 44.3. The Morgan fingerprint density at radius 1 is 0.900 bits per heavy atom. The van der Waals surface area contributed by atoms with Crippen molar-refractivity contribution < 1.29 is 22.7 Å². The quantitative estimate of drug-likeness (QED) is 0.345. The molecule has 40 heavy (non-hydrogen) atoms. The zero-order chi connectivity index (χ0) is 28.1. The summed E-state index contributed by atoms with van der Waals surface area (Å²) in [6.45, 7) is 4.63. The third-order valence-corrected chi connectivity index (χ3v) is 7.71. The van der Waals surface area contributed by atoms with Gasteiger partial charge in [0, 0.05) is 49.7 Å². The summed E-state index contributed by atoms with van der Waals surface area (Å²) in [7, 11) is 1.68. The molecule has 3 aromatic rings. The van der Waals surface area contributed by atoms with E-state index in [1.165, 1.54) is 17.7 Å². The molecule has 0 radical (unpaired) electrons. The summed E-state index contributed by atoms with van der Waals surface area (Å²) in [6.07, 6.45) is -1.29. The average molecular weight is 550 g/mol. The normalized spacial score (nSPS) is 16.6. The molecule has 8 heteroatoms. The molecule has 2 aliphatic rings. The number of ether oxygens (including phenoxy) is 1. The minimum absolute atomic E-state index is 0.187. The molecule has 0 saturated carbocycles. The molecule has 1 fully saturated rings. The highest BCUT2D eigenvalue weighted by Gasteiger charge is 2.30. The highest BCUT2D eigenvalue weighted by atomic mass is 19.4. The second-order valence-electron chi connectivity index (χ2n) is 10.4. The Bertz CT molecular complexity index is 1340. The van der Waals surface area contributed by atoms with E-state index in [1.807, 2.05) is 36.4 Å². The van der Waals surface area contributed by atoms with Crippen molar-refractivity contribution in [2.45, 2.75) is 38.4 Å². The van der Waals surface area contributed by atoms with Gasteiger partial charge in [-0.25, -0.2) is 0 Å². The lowest BCUT2D eigenvalue weighted by Crippen LogP contribution is -2.45. The van der Waals surface area contributed by atoms with Gasteiger partial charge in [0.25, 0.3) is 5.91 Å². The summed E-state index contributed by atoms with van der Waals surface area (Å²) in [4.78, 5) is 18.0. The molecule has 1 aliphatic carbocycles. The lowest BCUT2D eigenvalue weighted by molar-refractivity contribution is -0.137. The number of nitrogens with zero attached hydrogens (tertiary/aromatic N) is 2. The Morgan fingerprint density at radius 3 is 2.27 bits per heavy atom. The first-order valence-corrected chi connectivity index (χ1v) is 13.7. The van der Waals surface area contributed by atoms with Crippen molar-refractivity contribution in [2.75, 3.05) is 43.5 Å². The average Bonchev–Trinajstić information content (AvgIpc) is 2.98. The third kappa shape index (κ3) is 6.67. The molecule has 1 N–H and O–H groups in total. The second kappa shape index (κ2) is 12.2.